The number of imidazole rings is 1. The van der Waals surface area contributed by atoms with Crippen LogP contribution >= 0.6 is 11.6 Å². The first-order valence-corrected chi connectivity index (χ1v) is 17.4. The van der Waals surface area contributed by atoms with E-state index >= 15 is 0 Å². The van der Waals surface area contributed by atoms with E-state index in [1.807, 2.05) is 60.7 Å². The monoisotopic (exact) mass is 736 g/mol. The number of aromatic nitrogens is 3. The minimum Gasteiger partial charge on any atom is -0.828 e. The number of aromatic hydroxyl groups is 1. The number of nitrogen functional groups attached to an aromatic ring is 1. The molecule has 2 atom stereocenters. The van der Waals surface area contributed by atoms with Crippen LogP contribution in [-0.2, 0) is 6.54 Å². The van der Waals surface area contributed by atoms with Gasteiger partial charge >= 0.3 is 0 Å². The Morgan fingerprint density at radius 2 is 1.74 bits per heavy atom. The van der Waals surface area contributed by atoms with Crippen LogP contribution in [0.3, 0.4) is 0 Å². The van der Waals surface area contributed by atoms with Crippen LogP contribution in [0.2, 0.25) is 5.02 Å². The SMILES string of the molecule is Nc1ccc2c(c1)OC1=CC([NH3+])C=CC1=C2c1ccc(C(=O)NCc2ccc(-c3nc(-c4ccc(Cl)c(O)c4)c(-c4ccncc4)[nH]3)cc2)cc1C([O-])O. The van der Waals surface area contributed by atoms with Crippen molar-refractivity contribution in [1.82, 2.24) is 20.3 Å². The Balaban J connectivity index is 1.04. The largest absolute Gasteiger partial charge is 0.828 e. The number of carbonyl (C=O) groups excluding carboxylic acids is 1. The number of benzene rings is 4. The van der Waals surface area contributed by atoms with E-state index in [-0.39, 0.29) is 34.5 Å². The number of nitrogens with one attached hydrogen (secondary N) is 2. The third kappa shape index (κ3) is 6.64. The van der Waals surface area contributed by atoms with E-state index in [1.54, 1.807) is 54.9 Å². The number of H-pyrrole nitrogens is 1. The molecule has 268 valence electrons. The Bertz CT molecular complexity index is 2530. The minimum absolute atomic E-state index is 0.0447. The van der Waals surface area contributed by atoms with E-state index < -0.39 is 12.2 Å². The summed E-state index contributed by atoms with van der Waals surface area (Å²) in [6, 6.07) is 26.2. The lowest BCUT2D eigenvalue weighted by atomic mass is 9.84. The molecular weight excluding hydrogens is 704 g/mol. The molecule has 2 aromatic heterocycles. The van der Waals surface area contributed by atoms with Gasteiger partial charge in [0.2, 0.25) is 0 Å². The Kier molecular flexibility index (Phi) is 9.06. The maximum Gasteiger partial charge on any atom is 0.251 e. The molecule has 0 saturated carbocycles. The minimum atomic E-state index is -2.11. The molecule has 4 aromatic carbocycles. The Labute approximate surface area is 314 Å². The number of phenols is 1. The van der Waals surface area contributed by atoms with Gasteiger partial charge < -0.3 is 41.8 Å². The number of hydrogen-bond acceptors (Lipinski definition) is 8. The number of hydrogen-bond donors (Lipinski definition) is 6. The van der Waals surface area contributed by atoms with Gasteiger partial charge in [-0.3, -0.25) is 9.78 Å². The quantitative estimate of drug-likeness (QED) is 0.0896. The number of phenolic OH excluding ortho intramolecular Hbond substituents is 1. The molecule has 8 rings (SSSR count). The standard InChI is InChI=1S/C42H32ClN6O5/c43-33-12-6-25(18-34(33)50)39-38(23-13-15-46-16-14-23)48-40(49-39)24-3-1-22(2-4-24)21-47-41(51)26-5-9-29(32(17-26)42(52)53)37-30-10-7-27(44)19-35(30)54-36-20-28(45)8-11-31(36)37/h1-20,27,42,50,52H,21,44-45H2,(H,47,51)(H,48,49)/q-1/p+1. The fourth-order valence-corrected chi connectivity index (χ4v) is 6.75. The Hall–Kier alpha value is -6.50. The summed E-state index contributed by atoms with van der Waals surface area (Å²) in [6.07, 6.45) is 6.97. The average Bonchev–Trinajstić information content (AvgIpc) is 3.63. The van der Waals surface area contributed by atoms with Crippen molar-refractivity contribution in [3.63, 3.8) is 0 Å². The van der Waals surface area contributed by atoms with Gasteiger partial charge in [-0.25, -0.2) is 4.98 Å². The zero-order chi connectivity index (χ0) is 37.5. The number of rotatable bonds is 8. The fourth-order valence-electron chi connectivity index (χ4n) is 6.63. The second-order valence-corrected chi connectivity index (χ2v) is 13.4. The first-order chi connectivity index (χ1) is 26.1. The van der Waals surface area contributed by atoms with Gasteiger partial charge in [0.25, 0.3) is 5.91 Å². The summed E-state index contributed by atoms with van der Waals surface area (Å²) in [4.78, 5) is 25.8. The van der Waals surface area contributed by atoms with Crippen LogP contribution in [0.4, 0.5) is 5.69 Å². The number of aliphatic hydroxyl groups excluding tert-OH is 1. The smallest absolute Gasteiger partial charge is 0.251 e. The van der Waals surface area contributed by atoms with Gasteiger partial charge in [0.05, 0.1) is 16.4 Å². The second kappa shape index (κ2) is 14.1. The second-order valence-electron chi connectivity index (χ2n) is 12.9. The number of aliphatic hydroxyl groups is 1. The van der Waals surface area contributed by atoms with Gasteiger partial charge in [-0.15, -0.1) is 0 Å². The summed E-state index contributed by atoms with van der Waals surface area (Å²) in [7, 11) is 0. The average molecular weight is 737 g/mol. The first kappa shape index (κ1) is 34.6. The van der Waals surface area contributed by atoms with Crippen LogP contribution < -0.4 is 26.6 Å². The van der Waals surface area contributed by atoms with Gasteiger partial charge in [-0.05, 0) is 77.4 Å². The number of anilines is 1. The summed E-state index contributed by atoms with van der Waals surface area (Å²) in [6.45, 7) is 0.207. The third-order valence-electron chi connectivity index (χ3n) is 9.33. The Morgan fingerprint density at radius 3 is 2.50 bits per heavy atom. The van der Waals surface area contributed by atoms with E-state index in [9.17, 15) is 20.1 Å². The highest BCUT2D eigenvalue weighted by Gasteiger charge is 2.29. The number of quaternary nitrogens is 1. The highest BCUT2D eigenvalue weighted by atomic mass is 35.5. The number of fused-ring (bicyclic) bond motifs is 2. The van der Waals surface area contributed by atoms with Crippen molar-refractivity contribution in [3.05, 3.63) is 166 Å². The summed E-state index contributed by atoms with van der Waals surface area (Å²) in [5.74, 6) is 1.25. The molecular formula is C42H33ClN6O5. The molecule has 1 amide bonds. The summed E-state index contributed by atoms with van der Waals surface area (Å²) < 4.78 is 6.17. The molecule has 54 heavy (non-hydrogen) atoms. The zero-order valence-electron chi connectivity index (χ0n) is 28.6. The van der Waals surface area contributed by atoms with Crippen LogP contribution in [0.15, 0.2) is 133 Å². The zero-order valence-corrected chi connectivity index (χ0v) is 29.3. The summed E-state index contributed by atoms with van der Waals surface area (Å²) in [5, 5.41) is 36.6. The van der Waals surface area contributed by atoms with Crippen molar-refractivity contribution in [1.29, 1.82) is 0 Å². The van der Waals surface area contributed by atoms with Gasteiger partial charge in [-0.1, -0.05) is 48.0 Å². The molecule has 12 heteroatoms. The lowest BCUT2D eigenvalue weighted by Crippen LogP contribution is -2.59. The topological polar surface area (TPSA) is 197 Å². The fraction of sp³-hybridized carbons (Fsp3) is 0.0714. The molecule has 1 aliphatic heterocycles. The summed E-state index contributed by atoms with van der Waals surface area (Å²) in [5.41, 5.74) is 18.1. The number of allylic oxidation sites excluding steroid dienone is 1. The van der Waals surface area contributed by atoms with Gasteiger partial charge in [0, 0.05) is 82.0 Å². The maximum absolute atomic E-state index is 13.4. The van der Waals surface area contributed by atoms with Crippen LogP contribution in [0, 0.1) is 0 Å². The molecule has 9 N–H and O–H groups in total. The molecule has 0 saturated heterocycles. The van der Waals surface area contributed by atoms with Crippen LogP contribution in [0.5, 0.6) is 11.5 Å². The normalized spacial score (nSPS) is 15.2. The van der Waals surface area contributed by atoms with E-state index in [1.165, 1.54) is 6.07 Å². The molecule has 2 unspecified atom stereocenters. The molecule has 6 aromatic rings. The lowest BCUT2D eigenvalue weighted by molar-refractivity contribution is -0.490. The number of carbonyl (C=O) groups is 1. The van der Waals surface area contributed by atoms with Crippen LogP contribution in [0.1, 0.15) is 38.9 Å². The predicted octanol–water partition coefficient (Wildman–Crippen LogP) is 5.29. The number of halogens is 1. The first-order valence-electron chi connectivity index (χ1n) is 17.0. The molecule has 0 radical (unpaired) electrons. The number of aromatic amines is 1. The number of nitrogens with zero attached hydrogens (tertiary/aromatic N) is 2. The van der Waals surface area contributed by atoms with Crippen molar-refractivity contribution in [2.75, 3.05) is 5.73 Å². The van der Waals surface area contributed by atoms with Gasteiger partial charge in [-0.2, -0.15) is 0 Å². The van der Waals surface area contributed by atoms with Gasteiger partial charge in [0.1, 0.15) is 29.1 Å². The number of ether oxygens (including phenoxy) is 1. The van der Waals surface area contributed by atoms with E-state index in [2.05, 4.69) is 21.0 Å². The van der Waals surface area contributed by atoms with Gasteiger partial charge in [0.15, 0.2) is 0 Å². The van der Waals surface area contributed by atoms with Crippen LogP contribution in [0.25, 0.3) is 39.5 Å². The lowest BCUT2D eigenvalue weighted by Gasteiger charge is -2.30. The highest BCUT2D eigenvalue weighted by molar-refractivity contribution is 6.32. The van der Waals surface area contributed by atoms with Crippen molar-refractivity contribution in [2.45, 2.75) is 18.9 Å². The molecule has 0 spiro atoms. The maximum atomic E-state index is 13.4. The molecule has 3 heterocycles. The molecule has 2 aliphatic rings. The highest BCUT2D eigenvalue weighted by Crippen LogP contribution is 2.45. The Morgan fingerprint density at radius 1 is 0.981 bits per heavy atom. The molecule has 0 bridgehead atoms. The number of nitrogens with two attached hydrogens (primary N) is 1. The predicted molar refractivity (Wildman–Crippen MR) is 203 cm³/mol. The number of amides is 1. The van der Waals surface area contributed by atoms with E-state index in [0.717, 1.165) is 28.0 Å². The van der Waals surface area contributed by atoms with Crippen molar-refractivity contribution < 1.29 is 30.6 Å². The third-order valence-corrected chi connectivity index (χ3v) is 9.65. The van der Waals surface area contributed by atoms with Crippen molar-refractivity contribution in [3.8, 4) is 45.4 Å². The number of pyridine rings is 1. The van der Waals surface area contributed by atoms with Crippen molar-refractivity contribution >= 4 is 28.8 Å². The van der Waals surface area contributed by atoms with Crippen molar-refractivity contribution in [2.24, 2.45) is 0 Å². The van der Waals surface area contributed by atoms with E-state index in [4.69, 9.17) is 27.1 Å². The molecule has 1 aliphatic carbocycles. The summed E-state index contributed by atoms with van der Waals surface area (Å²) >= 11 is 6.07. The van der Waals surface area contributed by atoms with E-state index in [0.29, 0.717) is 51.0 Å². The van der Waals surface area contributed by atoms with Crippen LogP contribution in [-0.4, -0.2) is 37.1 Å². The molecule has 0 fully saturated rings. The molecule has 11 nitrogen and oxygen atoms in total.